The van der Waals surface area contributed by atoms with E-state index in [0.29, 0.717) is 16.7 Å². The number of ether oxygens (including phenoxy) is 1. The van der Waals surface area contributed by atoms with Gasteiger partial charge in [-0.3, -0.25) is 4.98 Å². The van der Waals surface area contributed by atoms with E-state index in [4.69, 9.17) is 27.9 Å². The average molecular weight is 254 g/mol. The summed E-state index contributed by atoms with van der Waals surface area (Å²) in [5.41, 5.74) is 1.05. The average Bonchev–Trinajstić information content (AvgIpc) is 2.30. The minimum atomic E-state index is 0.499. The van der Waals surface area contributed by atoms with Gasteiger partial charge in [0.05, 0.1) is 11.2 Å². The van der Waals surface area contributed by atoms with Gasteiger partial charge in [0.15, 0.2) is 0 Å². The Kier molecular flexibility index (Phi) is 3.65. The van der Waals surface area contributed by atoms with Crippen LogP contribution in [0.5, 0.6) is 11.5 Å². The van der Waals surface area contributed by atoms with Gasteiger partial charge in [0, 0.05) is 18.1 Å². The monoisotopic (exact) mass is 253 g/mol. The smallest absolute Gasteiger partial charge is 0.147 e. The normalized spacial score (nSPS) is 10.1. The zero-order valence-electron chi connectivity index (χ0n) is 8.36. The molecule has 0 aliphatic rings. The summed E-state index contributed by atoms with van der Waals surface area (Å²) in [5.74, 6) is 1.85. The highest BCUT2D eigenvalue weighted by atomic mass is 35.5. The van der Waals surface area contributed by atoms with E-state index in [1.807, 2.05) is 24.3 Å². The van der Waals surface area contributed by atoms with Crippen molar-refractivity contribution < 1.29 is 4.74 Å². The second-order valence-electron chi connectivity index (χ2n) is 3.22. The maximum absolute atomic E-state index is 5.80. The van der Waals surface area contributed by atoms with Crippen molar-refractivity contribution in [3.05, 3.63) is 53.3 Å². The number of benzene rings is 1. The van der Waals surface area contributed by atoms with Crippen LogP contribution in [0.3, 0.4) is 0 Å². The molecule has 2 nitrogen and oxygen atoms in total. The van der Waals surface area contributed by atoms with Gasteiger partial charge in [0.25, 0.3) is 0 Å². The third-order valence-electron chi connectivity index (χ3n) is 1.99. The summed E-state index contributed by atoms with van der Waals surface area (Å²) in [6.45, 7) is 0. The minimum absolute atomic E-state index is 0.499. The van der Waals surface area contributed by atoms with Crippen LogP contribution < -0.4 is 4.74 Å². The maximum Gasteiger partial charge on any atom is 0.147 e. The molecule has 0 atom stereocenters. The lowest BCUT2D eigenvalue weighted by molar-refractivity contribution is 0.480. The number of hydrogen-bond acceptors (Lipinski definition) is 2. The molecule has 0 amide bonds. The number of nitrogens with zero attached hydrogens (tertiary/aromatic N) is 1. The Morgan fingerprint density at radius 3 is 2.44 bits per heavy atom. The van der Waals surface area contributed by atoms with Crippen molar-refractivity contribution in [1.82, 2.24) is 4.98 Å². The Labute approximate surface area is 104 Å². The highest BCUT2D eigenvalue weighted by molar-refractivity contribution is 6.30. The highest BCUT2D eigenvalue weighted by Crippen LogP contribution is 2.23. The molecule has 0 aliphatic heterocycles. The molecule has 1 aromatic heterocycles. The minimum Gasteiger partial charge on any atom is -0.456 e. The van der Waals surface area contributed by atoms with Gasteiger partial charge in [0.2, 0.25) is 0 Å². The summed E-state index contributed by atoms with van der Waals surface area (Å²) in [5, 5.41) is 0.551. The van der Waals surface area contributed by atoms with Gasteiger partial charge >= 0.3 is 0 Å². The first kappa shape index (κ1) is 11.2. The maximum atomic E-state index is 5.80. The lowest BCUT2D eigenvalue weighted by Crippen LogP contribution is -1.86. The zero-order chi connectivity index (χ0) is 11.4. The Bertz CT molecular complexity index is 471. The third kappa shape index (κ3) is 2.87. The molecule has 0 saturated heterocycles. The number of hydrogen-bond donors (Lipinski definition) is 0. The second-order valence-corrected chi connectivity index (χ2v) is 3.92. The van der Waals surface area contributed by atoms with Crippen molar-refractivity contribution in [2.45, 2.75) is 5.88 Å². The van der Waals surface area contributed by atoms with Crippen LogP contribution in [0.2, 0.25) is 5.02 Å². The summed E-state index contributed by atoms with van der Waals surface area (Å²) < 4.78 is 5.57. The molecule has 0 fully saturated rings. The van der Waals surface area contributed by atoms with Gasteiger partial charge in [-0.15, -0.1) is 11.6 Å². The first-order chi connectivity index (χ1) is 7.78. The van der Waals surface area contributed by atoms with E-state index in [0.717, 1.165) is 11.3 Å². The molecule has 1 aromatic carbocycles. The van der Waals surface area contributed by atoms with Crippen LogP contribution in [-0.4, -0.2) is 4.98 Å². The molecule has 0 aliphatic carbocycles. The Morgan fingerprint density at radius 1 is 1.06 bits per heavy atom. The van der Waals surface area contributed by atoms with Crippen molar-refractivity contribution >= 4 is 23.2 Å². The van der Waals surface area contributed by atoms with Gasteiger partial charge in [-0.2, -0.15) is 0 Å². The number of alkyl halides is 1. The van der Waals surface area contributed by atoms with E-state index in [9.17, 15) is 0 Å². The van der Waals surface area contributed by atoms with E-state index in [2.05, 4.69) is 4.98 Å². The van der Waals surface area contributed by atoms with Crippen LogP contribution in [-0.2, 0) is 5.88 Å². The molecule has 82 valence electrons. The van der Waals surface area contributed by atoms with Crippen LogP contribution in [0, 0.1) is 0 Å². The van der Waals surface area contributed by atoms with Crippen LogP contribution in [0.1, 0.15) is 5.56 Å². The van der Waals surface area contributed by atoms with Gasteiger partial charge in [-0.1, -0.05) is 23.7 Å². The quantitative estimate of drug-likeness (QED) is 0.763. The molecule has 0 bridgehead atoms. The number of rotatable bonds is 3. The van der Waals surface area contributed by atoms with Crippen LogP contribution in [0.15, 0.2) is 42.7 Å². The fourth-order valence-electron chi connectivity index (χ4n) is 1.23. The summed E-state index contributed by atoms with van der Waals surface area (Å²) in [6, 6.07) is 9.27. The van der Waals surface area contributed by atoms with Crippen LogP contribution in [0.4, 0.5) is 0 Å². The van der Waals surface area contributed by atoms with Crippen LogP contribution in [0.25, 0.3) is 0 Å². The fraction of sp³-hybridized carbons (Fsp3) is 0.0833. The van der Waals surface area contributed by atoms with E-state index in [1.54, 1.807) is 18.5 Å². The molecule has 4 heteroatoms. The third-order valence-corrected chi connectivity index (χ3v) is 2.51. The lowest BCUT2D eigenvalue weighted by Gasteiger charge is -2.05. The van der Waals surface area contributed by atoms with Gasteiger partial charge in [-0.05, 0) is 17.7 Å². The lowest BCUT2D eigenvalue weighted by atomic mass is 10.2. The van der Waals surface area contributed by atoms with E-state index >= 15 is 0 Å². The van der Waals surface area contributed by atoms with Crippen molar-refractivity contribution in [3.8, 4) is 11.5 Å². The fourth-order valence-corrected chi connectivity index (χ4v) is 1.57. The predicted octanol–water partition coefficient (Wildman–Crippen LogP) is 4.27. The summed E-state index contributed by atoms with van der Waals surface area (Å²) in [7, 11) is 0. The molecule has 1 heterocycles. The summed E-state index contributed by atoms with van der Waals surface area (Å²) in [6.07, 6.45) is 3.17. The Morgan fingerprint density at radius 2 is 1.81 bits per heavy atom. The van der Waals surface area contributed by atoms with Crippen LogP contribution >= 0.6 is 23.2 Å². The molecular formula is C12H9Cl2NO. The number of aromatic nitrogens is 1. The molecule has 0 saturated carbocycles. The van der Waals surface area contributed by atoms with Gasteiger partial charge in [0.1, 0.15) is 11.5 Å². The highest BCUT2D eigenvalue weighted by Gasteiger charge is 1.98. The molecule has 0 radical (unpaired) electrons. The summed E-state index contributed by atoms with van der Waals surface area (Å²) >= 11 is 11.5. The molecular weight excluding hydrogens is 245 g/mol. The van der Waals surface area contributed by atoms with E-state index in [-0.39, 0.29) is 0 Å². The predicted molar refractivity (Wildman–Crippen MR) is 65.3 cm³/mol. The summed E-state index contributed by atoms with van der Waals surface area (Å²) in [4.78, 5) is 3.94. The van der Waals surface area contributed by atoms with Crippen molar-refractivity contribution in [2.75, 3.05) is 0 Å². The largest absolute Gasteiger partial charge is 0.456 e. The number of pyridine rings is 1. The topological polar surface area (TPSA) is 22.1 Å². The Hall–Kier alpha value is -1.25. The van der Waals surface area contributed by atoms with E-state index < -0.39 is 0 Å². The molecule has 0 N–H and O–H groups in total. The molecule has 0 unspecified atom stereocenters. The first-order valence-electron chi connectivity index (χ1n) is 4.71. The number of halogens is 2. The van der Waals surface area contributed by atoms with Crippen molar-refractivity contribution in [2.24, 2.45) is 0 Å². The zero-order valence-corrected chi connectivity index (χ0v) is 9.87. The Balaban J connectivity index is 2.14. The standard InChI is InChI=1S/C12H9Cl2NO/c13-6-9-1-3-11(4-2-9)16-12-5-10(14)7-15-8-12/h1-5,7-8H,6H2. The van der Waals surface area contributed by atoms with E-state index in [1.165, 1.54) is 0 Å². The van der Waals surface area contributed by atoms with Gasteiger partial charge < -0.3 is 4.74 Å². The first-order valence-corrected chi connectivity index (χ1v) is 5.62. The SMILES string of the molecule is ClCc1ccc(Oc2cncc(Cl)c2)cc1. The van der Waals surface area contributed by atoms with Crippen molar-refractivity contribution in [3.63, 3.8) is 0 Å². The van der Waals surface area contributed by atoms with Crippen molar-refractivity contribution in [1.29, 1.82) is 0 Å². The molecule has 2 rings (SSSR count). The van der Waals surface area contributed by atoms with Gasteiger partial charge in [-0.25, -0.2) is 0 Å². The second kappa shape index (κ2) is 5.19. The molecule has 16 heavy (non-hydrogen) atoms. The molecule has 2 aromatic rings. The molecule has 0 spiro atoms.